The number of guanidine groups is 1. The summed E-state index contributed by atoms with van der Waals surface area (Å²) in [5.41, 5.74) is 0. The number of nitrogens with one attached hydrogen (secondary N) is 2. The normalized spacial score (nSPS) is 22.6. The summed E-state index contributed by atoms with van der Waals surface area (Å²) in [4.78, 5) is 7.08. The van der Waals surface area contributed by atoms with Gasteiger partial charge in [-0.05, 0) is 39.2 Å². The Morgan fingerprint density at radius 3 is 2.44 bits per heavy atom. The molecule has 0 unspecified atom stereocenters. The first kappa shape index (κ1) is 22.9. The van der Waals surface area contributed by atoms with Gasteiger partial charge >= 0.3 is 0 Å². The van der Waals surface area contributed by atoms with Gasteiger partial charge in [-0.25, -0.2) is 12.7 Å². The number of rotatable bonds is 7. The van der Waals surface area contributed by atoms with Gasteiger partial charge in [0.2, 0.25) is 10.0 Å². The second kappa shape index (κ2) is 11.6. The van der Waals surface area contributed by atoms with E-state index in [1.54, 1.807) is 4.31 Å². The number of halogens is 1. The maximum atomic E-state index is 11.8. The molecule has 2 rings (SSSR count). The molecule has 0 aromatic carbocycles. The van der Waals surface area contributed by atoms with Gasteiger partial charge in [0.15, 0.2) is 5.96 Å². The van der Waals surface area contributed by atoms with Gasteiger partial charge in [-0.3, -0.25) is 4.99 Å². The molecule has 0 atom stereocenters. The summed E-state index contributed by atoms with van der Waals surface area (Å²) >= 11 is 0. The molecule has 7 nitrogen and oxygen atoms in total. The number of aliphatic imine (C=N–C) groups is 1. The fourth-order valence-corrected chi connectivity index (χ4v) is 4.87. The van der Waals surface area contributed by atoms with Crippen LogP contribution in [-0.2, 0) is 10.0 Å². The smallest absolute Gasteiger partial charge is 0.214 e. The molecule has 0 radical (unpaired) electrons. The number of hydrogen-bond acceptors (Lipinski definition) is 4. The first-order chi connectivity index (χ1) is 11.5. The van der Waals surface area contributed by atoms with E-state index in [1.807, 2.05) is 6.92 Å². The minimum Gasteiger partial charge on any atom is -0.357 e. The van der Waals surface area contributed by atoms with Crippen molar-refractivity contribution in [1.82, 2.24) is 19.8 Å². The molecule has 0 aromatic heterocycles. The Kier molecular flexibility index (Phi) is 10.6. The van der Waals surface area contributed by atoms with Gasteiger partial charge in [-0.1, -0.05) is 6.92 Å². The highest BCUT2D eigenvalue weighted by molar-refractivity contribution is 14.0. The molecule has 2 heterocycles. The third-order valence-corrected chi connectivity index (χ3v) is 6.59. The van der Waals surface area contributed by atoms with E-state index in [-0.39, 0.29) is 29.7 Å². The molecule has 0 aromatic rings. The standard InChI is InChI=1S/C16H33N5O2S.HI/c1-3-9-20-11-6-15(7-12-20)19-16(17-4-2)18-8-13-21-10-5-14-24(21,22)23;/h15H,3-14H2,1-2H3,(H2,17,18,19);1H. The second-order valence-electron chi connectivity index (χ2n) is 6.59. The lowest BCUT2D eigenvalue weighted by atomic mass is 10.1. The van der Waals surface area contributed by atoms with Crippen LogP contribution in [-0.4, -0.2) is 81.2 Å². The average Bonchev–Trinajstić information content (AvgIpc) is 2.88. The monoisotopic (exact) mass is 487 g/mol. The number of sulfonamides is 1. The van der Waals surface area contributed by atoms with E-state index in [9.17, 15) is 8.42 Å². The predicted molar refractivity (Wildman–Crippen MR) is 114 cm³/mol. The summed E-state index contributed by atoms with van der Waals surface area (Å²) in [6, 6.07) is 0.450. The van der Waals surface area contributed by atoms with E-state index in [2.05, 4.69) is 27.4 Å². The molecule has 2 fully saturated rings. The van der Waals surface area contributed by atoms with Crippen molar-refractivity contribution < 1.29 is 8.42 Å². The summed E-state index contributed by atoms with van der Waals surface area (Å²) in [5, 5.41) is 6.78. The van der Waals surface area contributed by atoms with Crippen molar-refractivity contribution >= 4 is 40.0 Å². The molecular formula is C16H34IN5O2S. The quantitative estimate of drug-likeness (QED) is 0.319. The van der Waals surface area contributed by atoms with E-state index in [0.29, 0.717) is 25.7 Å². The molecule has 0 aliphatic carbocycles. The van der Waals surface area contributed by atoms with Crippen molar-refractivity contribution in [1.29, 1.82) is 0 Å². The van der Waals surface area contributed by atoms with E-state index in [0.717, 1.165) is 44.9 Å². The SMILES string of the molecule is CCCN1CCC(NC(=NCCN2CCCS2(=O)=O)NCC)CC1.I. The van der Waals surface area contributed by atoms with Crippen molar-refractivity contribution in [3.05, 3.63) is 0 Å². The third-order valence-electron chi connectivity index (χ3n) is 4.63. The molecule has 2 N–H and O–H groups in total. The minimum absolute atomic E-state index is 0. The Morgan fingerprint density at radius 1 is 1.16 bits per heavy atom. The van der Waals surface area contributed by atoms with Gasteiger partial charge in [0.1, 0.15) is 0 Å². The molecular weight excluding hydrogens is 453 g/mol. The molecule has 25 heavy (non-hydrogen) atoms. The summed E-state index contributed by atoms with van der Waals surface area (Å²) in [7, 11) is -3.02. The topological polar surface area (TPSA) is 77.0 Å². The largest absolute Gasteiger partial charge is 0.357 e. The van der Waals surface area contributed by atoms with Crippen LogP contribution in [0.5, 0.6) is 0 Å². The lowest BCUT2D eigenvalue weighted by Gasteiger charge is -2.32. The Hall–Kier alpha value is -0.130. The predicted octanol–water partition coefficient (Wildman–Crippen LogP) is 1.07. The van der Waals surface area contributed by atoms with Crippen molar-refractivity contribution in [3.63, 3.8) is 0 Å². The molecule has 148 valence electrons. The van der Waals surface area contributed by atoms with Crippen LogP contribution in [0.2, 0.25) is 0 Å². The van der Waals surface area contributed by atoms with Gasteiger partial charge in [0.25, 0.3) is 0 Å². The average molecular weight is 487 g/mol. The van der Waals surface area contributed by atoms with Crippen LogP contribution in [0, 0.1) is 0 Å². The van der Waals surface area contributed by atoms with Crippen LogP contribution >= 0.6 is 24.0 Å². The van der Waals surface area contributed by atoms with Gasteiger partial charge in [0, 0.05) is 38.8 Å². The molecule has 0 amide bonds. The first-order valence-corrected chi connectivity index (χ1v) is 10.9. The van der Waals surface area contributed by atoms with Crippen molar-refractivity contribution in [3.8, 4) is 0 Å². The van der Waals surface area contributed by atoms with Gasteiger partial charge in [-0.2, -0.15) is 0 Å². The van der Waals surface area contributed by atoms with Gasteiger partial charge in [0.05, 0.1) is 12.3 Å². The van der Waals surface area contributed by atoms with Crippen LogP contribution in [0.25, 0.3) is 0 Å². The maximum absolute atomic E-state index is 11.8. The molecule has 2 aliphatic rings. The van der Waals surface area contributed by atoms with Gasteiger partial charge < -0.3 is 15.5 Å². The summed E-state index contributed by atoms with van der Waals surface area (Å²) in [5.74, 6) is 1.09. The van der Waals surface area contributed by atoms with Crippen molar-refractivity contribution in [2.45, 2.75) is 45.6 Å². The zero-order chi connectivity index (χ0) is 17.4. The Labute approximate surface area is 170 Å². The molecule has 0 spiro atoms. The Balaban J connectivity index is 0.00000312. The van der Waals surface area contributed by atoms with Crippen LogP contribution in [0.4, 0.5) is 0 Å². The fourth-order valence-electron chi connectivity index (χ4n) is 3.35. The first-order valence-electron chi connectivity index (χ1n) is 9.30. The zero-order valence-corrected chi connectivity index (χ0v) is 18.7. The van der Waals surface area contributed by atoms with Crippen LogP contribution in [0.15, 0.2) is 4.99 Å². The molecule has 0 bridgehead atoms. The number of nitrogens with zero attached hydrogens (tertiary/aromatic N) is 3. The van der Waals surface area contributed by atoms with Crippen LogP contribution in [0.1, 0.15) is 39.5 Å². The van der Waals surface area contributed by atoms with E-state index in [4.69, 9.17) is 0 Å². The highest BCUT2D eigenvalue weighted by atomic mass is 127. The lowest BCUT2D eigenvalue weighted by molar-refractivity contribution is 0.206. The fraction of sp³-hybridized carbons (Fsp3) is 0.938. The summed E-state index contributed by atoms with van der Waals surface area (Å²) < 4.78 is 25.2. The highest BCUT2D eigenvalue weighted by Gasteiger charge is 2.27. The summed E-state index contributed by atoms with van der Waals surface area (Å²) in [6.07, 6.45) is 4.21. The van der Waals surface area contributed by atoms with E-state index in [1.165, 1.54) is 13.0 Å². The Morgan fingerprint density at radius 2 is 1.88 bits per heavy atom. The maximum Gasteiger partial charge on any atom is 0.214 e. The number of hydrogen-bond donors (Lipinski definition) is 2. The van der Waals surface area contributed by atoms with E-state index < -0.39 is 10.0 Å². The van der Waals surface area contributed by atoms with Crippen molar-refractivity contribution in [2.24, 2.45) is 4.99 Å². The lowest BCUT2D eigenvalue weighted by Crippen LogP contribution is -2.49. The third kappa shape index (κ3) is 7.56. The molecule has 9 heteroatoms. The minimum atomic E-state index is -3.02. The molecule has 0 saturated carbocycles. The van der Waals surface area contributed by atoms with Crippen LogP contribution in [0.3, 0.4) is 0 Å². The molecule has 2 saturated heterocycles. The molecule has 2 aliphatic heterocycles. The van der Waals surface area contributed by atoms with Gasteiger partial charge in [-0.15, -0.1) is 24.0 Å². The van der Waals surface area contributed by atoms with Crippen molar-refractivity contribution in [2.75, 3.05) is 51.6 Å². The second-order valence-corrected chi connectivity index (χ2v) is 8.68. The van der Waals surface area contributed by atoms with Crippen LogP contribution < -0.4 is 10.6 Å². The Bertz CT molecular complexity index is 507. The highest BCUT2D eigenvalue weighted by Crippen LogP contribution is 2.12. The number of likely N-dealkylation sites (tertiary alicyclic amines) is 1. The zero-order valence-electron chi connectivity index (χ0n) is 15.5. The summed E-state index contributed by atoms with van der Waals surface area (Å²) in [6.45, 7) is 10.2. The van der Waals surface area contributed by atoms with E-state index >= 15 is 0 Å². The number of piperidine rings is 1.